The number of rotatable bonds is 8. The van der Waals surface area contributed by atoms with E-state index in [-0.39, 0.29) is 6.04 Å². The largest absolute Gasteiger partial charge is 0.496 e. The zero-order chi connectivity index (χ0) is 23.8. The minimum atomic E-state index is 0.245. The molecule has 0 spiro atoms. The summed E-state index contributed by atoms with van der Waals surface area (Å²) in [7, 11) is 1.75. The molecule has 1 aromatic heterocycles. The van der Waals surface area contributed by atoms with E-state index >= 15 is 0 Å². The molecule has 3 nitrogen and oxygen atoms in total. The third-order valence-corrected chi connectivity index (χ3v) is 7.40. The van der Waals surface area contributed by atoms with Crippen LogP contribution in [0.25, 0.3) is 32.8 Å². The zero-order valence-electron chi connectivity index (χ0n) is 20.5. The van der Waals surface area contributed by atoms with Gasteiger partial charge in [0.1, 0.15) is 5.75 Å². The number of hydrogen-bond donors (Lipinski definition) is 1. The highest BCUT2D eigenvalue weighted by atomic mass is 16.5. The molecule has 4 aromatic carbocycles. The smallest absolute Gasteiger partial charge is 0.126 e. The fraction of sp³-hybridized carbons (Fsp3) is 0.250. The van der Waals surface area contributed by atoms with Crippen molar-refractivity contribution in [2.45, 2.75) is 38.9 Å². The molecule has 176 valence electrons. The summed E-state index contributed by atoms with van der Waals surface area (Å²) in [6.07, 6.45) is 4.98. The molecule has 1 aliphatic rings. The van der Waals surface area contributed by atoms with E-state index in [2.05, 4.69) is 108 Å². The highest BCUT2D eigenvalue weighted by Gasteiger charge is 2.22. The van der Waals surface area contributed by atoms with Gasteiger partial charge in [-0.25, -0.2) is 0 Å². The van der Waals surface area contributed by atoms with E-state index in [9.17, 15) is 0 Å². The van der Waals surface area contributed by atoms with Crippen molar-refractivity contribution in [1.29, 1.82) is 0 Å². The third-order valence-electron chi connectivity index (χ3n) is 7.40. The standard InChI is InChI=1S/C32H32N2O/c1-22(28-9-5-7-25-6-3-4-8-29(25)28)33-20-24-12-15-32(35-2)30(18-24)26-13-14-31-27(19-26)16-17-34(31)21-23-10-11-23/h3-9,12-19,22-23,33H,10-11,20-21H2,1-2H3. The Bertz CT molecular complexity index is 1490. The molecular formula is C32H32N2O. The van der Waals surface area contributed by atoms with Gasteiger partial charge >= 0.3 is 0 Å². The van der Waals surface area contributed by atoms with Crippen molar-refractivity contribution < 1.29 is 4.74 Å². The van der Waals surface area contributed by atoms with Crippen LogP contribution in [0.5, 0.6) is 5.75 Å². The molecular weight excluding hydrogens is 428 g/mol. The van der Waals surface area contributed by atoms with Crippen LogP contribution in [0, 0.1) is 5.92 Å². The van der Waals surface area contributed by atoms with Crippen molar-refractivity contribution in [3.05, 3.63) is 102 Å². The summed E-state index contributed by atoms with van der Waals surface area (Å²) < 4.78 is 8.16. The molecule has 0 aliphatic heterocycles. The Labute approximate surface area is 207 Å². The van der Waals surface area contributed by atoms with Gasteiger partial charge in [-0.2, -0.15) is 0 Å². The van der Waals surface area contributed by atoms with Crippen LogP contribution >= 0.6 is 0 Å². The molecule has 1 heterocycles. The van der Waals surface area contributed by atoms with E-state index in [4.69, 9.17) is 4.74 Å². The predicted octanol–water partition coefficient (Wildman–Crippen LogP) is 7.73. The van der Waals surface area contributed by atoms with E-state index in [1.807, 2.05) is 0 Å². The summed E-state index contributed by atoms with van der Waals surface area (Å²) in [5.41, 5.74) is 6.24. The van der Waals surface area contributed by atoms with E-state index in [0.717, 1.165) is 30.3 Å². The molecule has 1 unspecified atom stereocenters. The van der Waals surface area contributed by atoms with Crippen LogP contribution in [0.2, 0.25) is 0 Å². The van der Waals surface area contributed by atoms with Crippen LogP contribution in [-0.2, 0) is 13.1 Å². The molecule has 35 heavy (non-hydrogen) atoms. The lowest BCUT2D eigenvalue weighted by Crippen LogP contribution is -2.18. The number of aromatic nitrogens is 1. The fourth-order valence-electron chi connectivity index (χ4n) is 5.21. The second-order valence-corrected chi connectivity index (χ2v) is 9.89. The Kier molecular flexibility index (Phi) is 5.79. The van der Waals surface area contributed by atoms with Crippen molar-refractivity contribution >= 4 is 21.7 Å². The van der Waals surface area contributed by atoms with Crippen LogP contribution in [0.15, 0.2) is 91.1 Å². The normalized spacial score (nSPS) is 14.5. The predicted molar refractivity (Wildman–Crippen MR) is 146 cm³/mol. The molecule has 0 bridgehead atoms. The molecule has 0 amide bonds. The minimum absolute atomic E-state index is 0.245. The van der Waals surface area contributed by atoms with Crippen molar-refractivity contribution in [2.24, 2.45) is 5.92 Å². The Morgan fingerprint density at radius 3 is 2.63 bits per heavy atom. The SMILES string of the molecule is COc1ccc(CNC(C)c2cccc3ccccc23)cc1-c1ccc2c(ccn2CC2CC2)c1. The van der Waals surface area contributed by atoms with Gasteiger partial charge in [-0.05, 0) is 83.5 Å². The molecule has 1 saturated carbocycles. The molecule has 1 aliphatic carbocycles. The molecule has 1 atom stereocenters. The highest BCUT2D eigenvalue weighted by Crippen LogP contribution is 2.35. The maximum atomic E-state index is 5.75. The van der Waals surface area contributed by atoms with Crippen molar-refractivity contribution in [3.63, 3.8) is 0 Å². The van der Waals surface area contributed by atoms with E-state index < -0.39 is 0 Å². The Morgan fingerprint density at radius 1 is 0.914 bits per heavy atom. The van der Waals surface area contributed by atoms with Crippen LogP contribution in [0.4, 0.5) is 0 Å². The average Bonchev–Trinajstić information content (AvgIpc) is 3.64. The van der Waals surface area contributed by atoms with Crippen molar-refractivity contribution in [2.75, 3.05) is 7.11 Å². The first-order valence-corrected chi connectivity index (χ1v) is 12.7. The van der Waals surface area contributed by atoms with Crippen molar-refractivity contribution in [3.8, 4) is 16.9 Å². The van der Waals surface area contributed by atoms with Crippen LogP contribution in [0.1, 0.15) is 36.9 Å². The van der Waals surface area contributed by atoms with Crippen LogP contribution in [-0.4, -0.2) is 11.7 Å². The molecule has 0 saturated heterocycles. The fourth-order valence-corrected chi connectivity index (χ4v) is 5.21. The van der Waals surface area contributed by atoms with E-state index in [1.165, 1.54) is 51.2 Å². The van der Waals surface area contributed by atoms with Gasteiger partial charge in [0, 0.05) is 41.8 Å². The van der Waals surface area contributed by atoms with Gasteiger partial charge in [0.2, 0.25) is 0 Å². The summed E-state index contributed by atoms with van der Waals surface area (Å²) in [6.45, 7) is 4.18. The van der Waals surface area contributed by atoms with Crippen LogP contribution < -0.4 is 10.1 Å². The first kappa shape index (κ1) is 21.9. The van der Waals surface area contributed by atoms with E-state index in [0.29, 0.717) is 0 Å². The van der Waals surface area contributed by atoms with Gasteiger partial charge in [0.15, 0.2) is 0 Å². The van der Waals surface area contributed by atoms with Gasteiger partial charge in [0.05, 0.1) is 7.11 Å². The van der Waals surface area contributed by atoms with Gasteiger partial charge in [-0.15, -0.1) is 0 Å². The number of hydrogen-bond acceptors (Lipinski definition) is 2. The third kappa shape index (κ3) is 4.44. The van der Waals surface area contributed by atoms with Crippen molar-refractivity contribution in [1.82, 2.24) is 9.88 Å². The number of nitrogens with one attached hydrogen (secondary N) is 1. The molecule has 3 heteroatoms. The molecule has 0 radical (unpaired) electrons. The summed E-state index contributed by atoms with van der Waals surface area (Å²) in [6, 6.07) is 31.0. The average molecular weight is 461 g/mol. The first-order chi connectivity index (χ1) is 17.2. The number of fused-ring (bicyclic) bond motifs is 2. The Hall–Kier alpha value is -3.56. The van der Waals surface area contributed by atoms with Gasteiger partial charge in [-0.1, -0.05) is 54.6 Å². The van der Waals surface area contributed by atoms with Gasteiger partial charge < -0.3 is 14.6 Å². The highest BCUT2D eigenvalue weighted by molar-refractivity contribution is 5.87. The monoisotopic (exact) mass is 460 g/mol. The van der Waals surface area contributed by atoms with Gasteiger partial charge in [0.25, 0.3) is 0 Å². The minimum Gasteiger partial charge on any atom is -0.496 e. The molecule has 5 aromatic rings. The number of benzene rings is 4. The van der Waals surface area contributed by atoms with E-state index in [1.54, 1.807) is 7.11 Å². The zero-order valence-corrected chi connectivity index (χ0v) is 20.5. The number of ether oxygens (including phenoxy) is 1. The molecule has 1 N–H and O–H groups in total. The summed E-state index contributed by atoms with van der Waals surface area (Å²) >= 11 is 0. The first-order valence-electron chi connectivity index (χ1n) is 12.7. The molecule has 1 fully saturated rings. The molecule has 6 rings (SSSR count). The number of methoxy groups -OCH3 is 1. The summed E-state index contributed by atoms with van der Waals surface area (Å²) in [5.74, 6) is 1.78. The Balaban J connectivity index is 1.25. The second kappa shape index (κ2) is 9.24. The summed E-state index contributed by atoms with van der Waals surface area (Å²) in [4.78, 5) is 0. The van der Waals surface area contributed by atoms with Crippen LogP contribution in [0.3, 0.4) is 0 Å². The lowest BCUT2D eigenvalue weighted by molar-refractivity contribution is 0.416. The Morgan fingerprint density at radius 2 is 1.77 bits per heavy atom. The summed E-state index contributed by atoms with van der Waals surface area (Å²) in [5, 5.41) is 7.62. The topological polar surface area (TPSA) is 26.2 Å². The maximum absolute atomic E-state index is 5.75. The lowest BCUT2D eigenvalue weighted by Gasteiger charge is -2.18. The lowest BCUT2D eigenvalue weighted by atomic mass is 9.98. The quantitative estimate of drug-likeness (QED) is 0.256. The van der Waals surface area contributed by atoms with Gasteiger partial charge in [-0.3, -0.25) is 0 Å². The number of nitrogens with zero attached hydrogens (tertiary/aromatic N) is 1. The maximum Gasteiger partial charge on any atom is 0.126 e. The second-order valence-electron chi connectivity index (χ2n) is 9.89.